The molecule has 0 fully saturated rings. The molecule has 0 aromatic heterocycles. The van der Waals surface area contributed by atoms with E-state index in [1.54, 1.807) is 0 Å². The maximum atomic E-state index is 11.8. The quantitative estimate of drug-likeness (QED) is 0.0452. The zero-order chi connectivity index (χ0) is 43.9. The minimum absolute atomic E-state index is 0.0222. The van der Waals surface area contributed by atoms with E-state index in [0.29, 0.717) is 26.1 Å². The summed E-state index contributed by atoms with van der Waals surface area (Å²) in [5.74, 6) is 0.0444. The van der Waals surface area contributed by atoms with Gasteiger partial charge in [-0.1, -0.05) is 297 Å². The Balaban J connectivity index is 0. The van der Waals surface area contributed by atoms with Crippen molar-refractivity contribution in [1.82, 2.24) is 0 Å². The monoisotopic (exact) mass is 849 g/mol. The van der Waals surface area contributed by atoms with E-state index in [4.69, 9.17) is 9.47 Å². The summed E-state index contributed by atoms with van der Waals surface area (Å²) in [5, 5.41) is 0. The number of hydrogen-bond acceptors (Lipinski definition) is 4. The summed E-state index contributed by atoms with van der Waals surface area (Å²) >= 11 is 0. The topological polar surface area (TPSA) is 52.6 Å². The van der Waals surface area contributed by atoms with Crippen LogP contribution in [0.3, 0.4) is 0 Å². The van der Waals surface area contributed by atoms with Crippen molar-refractivity contribution in [3.63, 3.8) is 0 Å². The lowest BCUT2D eigenvalue weighted by Crippen LogP contribution is -2.05. The number of carbonyl (C=O) groups is 2. The predicted molar refractivity (Wildman–Crippen MR) is 266 cm³/mol. The Morgan fingerprint density at radius 2 is 0.367 bits per heavy atom. The van der Waals surface area contributed by atoms with Crippen molar-refractivity contribution >= 4 is 11.9 Å². The van der Waals surface area contributed by atoms with Gasteiger partial charge in [0.15, 0.2) is 0 Å². The second kappa shape index (κ2) is 57.9. The van der Waals surface area contributed by atoms with Crippen LogP contribution in [-0.2, 0) is 19.1 Å². The smallest absolute Gasteiger partial charge is 0.305 e. The summed E-state index contributed by atoms with van der Waals surface area (Å²) in [6.45, 7) is 10.4. The first kappa shape index (κ1) is 61.0. The molecule has 0 aliphatic carbocycles. The number of ether oxygens (including phenoxy) is 2. The van der Waals surface area contributed by atoms with Crippen molar-refractivity contribution in [2.45, 2.75) is 336 Å². The van der Waals surface area contributed by atoms with Crippen molar-refractivity contribution in [1.29, 1.82) is 0 Å². The van der Waals surface area contributed by atoms with Crippen LogP contribution in [0.1, 0.15) is 336 Å². The van der Waals surface area contributed by atoms with Crippen molar-refractivity contribution < 1.29 is 19.1 Å². The first-order valence-corrected chi connectivity index (χ1v) is 27.9. The highest BCUT2D eigenvalue weighted by Gasteiger charge is 2.04. The van der Waals surface area contributed by atoms with E-state index in [-0.39, 0.29) is 11.9 Å². The van der Waals surface area contributed by atoms with Crippen LogP contribution >= 0.6 is 0 Å². The lowest BCUT2D eigenvalue weighted by molar-refractivity contribution is -0.144. The summed E-state index contributed by atoms with van der Waals surface area (Å²) in [4.78, 5) is 23.6. The first-order chi connectivity index (χ1) is 29.6. The SMILES string of the molecule is CCCCCCCCCCCCCCOC(=O)CCCCCCCCCCCCC.CCCCCCCCCCCCCCOC(=O)CCCCCCCCCCCCC. The summed E-state index contributed by atoms with van der Waals surface area (Å²) in [6.07, 6.45) is 62.6. The van der Waals surface area contributed by atoms with Crippen molar-refractivity contribution in [2.24, 2.45) is 0 Å². The van der Waals surface area contributed by atoms with Crippen LogP contribution in [0.2, 0.25) is 0 Å². The molecule has 0 aliphatic heterocycles. The Kier molecular flexibility index (Phi) is 58.9. The van der Waals surface area contributed by atoms with Gasteiger partial charge in [-0.15, -0.1) is 0 Å². The molecule has 0 aromatic rings. The van der Waals surface area contributed by atoms with E-state index in [9.17, 15) is 9.59 Å². The number of rotatable bonds is 50. The minimum atomic E-state index is 0.0222. The first-order valence-electron chi connectivity index (χ1n) is 27.9. The second-order valence-corrected chi connectivity index (χ2v) is 18.8. The molecule has 0 unspecified atom stereocenters. The normalized spacial score (nSPS) is 11.1. The van der Waals surface area contributed by atoms with Gasteiger partial charge in [0.1, 0.15) is 0 Å². The highest BCUT2D eigenvalue weighted by Crippen LogP contribution is 2.16. The molecular weight excluding hydrogens is 737 g/mol. The number of hydrogen-bond donors (Lipinski definition) is 0. The summed E-state index contributed by atoms with van der Waals surface area (Å²) in [5.41, 5.74) is 0. The largest absolute Gasteiger partial charge is 0.466 e. The van der Waals surface area contributed by atoms with E-state index in [1.165, 1.54) is 270 Å². The molecule has 0 bridgehead atoms. The molecule has 0 saturated carbocycles. The molecule has 0 rings (SSSR count). The van der Waals surface area contributed by atoms with Gasteiger partial charge in [0.25, 0.3) is 0 Å². The van der Waals surface area contributed by atoms with E-state index in [2.05, 4.69) is 27.7 Å². The molecule has 4 heteroatoms. The third kappa shape index (κ3) is 59.0. The molecule has 0 aliphatic rings. The lowest BCUT2D eigenvalue weighted by Gasteiger charge is -2.06. The van der Waals surface area contributed by atoms with E-state index < -0.39 is 0 Å². The summed E-state index contributed by atoms with van der Waals surface area (Å²) in [7, 11) is 0. The molecule has 0 radical (unpaired) electrons. The van der Waals surface area contributed by atoms with Crippen molar-refractivity contribution in [3.05, 3.63) is 0 Å². The van der Waals surface area contributed by atoms with Gasteiger partial charge in [0, 0.05) is 12.8 Å². The van der Waals surface area contributed by atoms with Crippen molar-refractivity contribution in [3.8, 4) is 0 Å². The van der Waals surface area contributed by atoms with Crippen LogP contribution in [-0.4, -0.2) is 25.2 Å². The van der Waals surface area contributed by atoms with Gasteiger partial charge in [0.2, 0.25) is 0 Å². The maximum absolute atomic E-state index is 11.8. The molecule has 0 amide bonds. The Morgan fingerprint density at radius 3 is 0.550 bits per heavy atom. The van der Waals surface area contributed by atoms with Crippen LogP contribution in [0, 0.1) is 0 Å². The molecule has 0 spiro atoms. The number of unbranched alkanes of at least 4 members (excludes halogenated alkanes) is 42. The Labute approximate surface area is 378 Å². The van der Waals surface area contributed by atoms with Crippen LogP contribution in [0.4, 0.5) is 0 Å². The molecule has 0 heterocycles. The van der Waals surface area contributed by atoms with Crippen LogP contribution in [0.25, 0.3) is 0 Å². The van der Waals surface area contributed by atoms with Gasteiger partial charge in [-0.25, -0.2) is 0 Å². The Hall–Kier alpha value is -1.06. The van der Waals surface area contributed by atoms with Gasteiger partial charge in [-0.2, -0.15) is 0 Å². The zero-order valence-electron chi connectivity index (χ0n) is 42.0. The fraction of sp³-hybridized carbons (Fsp3) is 0.964. The Bertz CT molecular complexity index is 717. The minimum Gasteiger partial charge on any atom is -0.466 e. The number of esters is 2. The molecule has 0 aromatic carbocycles. The molecular formula is C56H112O4. The summed E-state index contributed by atoms with van der Waals surface area (Å²) in [6, 6.07) is 0. The predicted octanol–water partition coefficient (Wildman–Crippen LogP) is 19.9. The molecule has 360 valence electrons. The maximum Gasteiger partial charge on any atom is 0.305 e. The fourth-order valence-corrected chi connectivity index (χ4v) is 8.27. The van der Waals surface area contributed by atoms with Gasteiger partial charge in [-0.3, -0.25) is 9.59 Å². The van der Waals surface area contributed by atoms with Gasteiger partial charge >= 0.3 is 11.9 Å². The molecule has 0 N–H and O–H groups in total. The van der Waals surface area contributed by atoms with Crippen LogP contribution < -0.4 is 0 Å². The average molecular weight is 850 g/mol. The van der Waals surface area contributed by atoms with Crippen LogP contribution in [0.15, 0.2) is 0 Å². The van der Waals surface area contributed by atoms with Crippen LogP contribution in [0.5, 0.6) is 0 Å². The highest BCUT2D eigenvalue weighted by molar-refractivity contribution is 5.69. The van der Waals surface area contributed by atoms with Gasteiger partial charge in [0.05, 0.1) is 13.2 Å². The molecule has 0 atom stereocenters. The van der Waals surface area contributed by atoms with E-state index in [0.717, 1.165) is 25.7 Å². The molecule has 4 nitrogen and oxygen atoms in total. The standard InChI is InChI=1S/2C28H56O2/c2*1-3-5-7-9-11-13-15-17-19-21-23-25-27-30-28(29)26-24-22-20-18-16-14-12-10-8-6-4-2/h2*3-27H2,1-2H3. The van der Waals surface area contributed by atoms with Crippen molar-refractivity contribution in [2.75, 3.05) is 13.2 Å². The average Bonchev–Trinajstić information content (AvgIpc) is 3.25. The fourth-order valence-electron chi connectivity index (χ4n) is 8.27. The van der Waals surface area contributed by atoms with Gasteiger partial charge in [-0.05, 0) is 25.7 Å². The zero-order valence-corrected chi connectivity index (χ0v) is 42.0. The molecule has 0 saturated heterocycles. The lowest BCUT2D eigenvalue weighted by atomic mass is 10.1. The highest BCUT2D eigenvalue weighted by atomic mass is 16.5. The third-order valence-electron chi connectivity index (χ3n) is 12.5. The number of carbonyl (C=O) groups excluding carboxylic acids is 2. The van der Waals surface area contributed by atoms with E-state index in [1.807, 2.05) is 0 Å². The van der Waals surface area contributed by atoms with E-state index >= 15 is 0 Å². The second-order valence-electron chi connectivity index (χ2n) is 18.8. The van der Waals surface area contributed by atoms with Gasteiger partial charge < -0.3 is 9.47 Å². The molecule has 60 heavy (non-hydrogen) atoms. The third-order valence-corrected chi connectivity index (χ3v) is 12.5. The Morgan fingerprint density at radius 1 is 0.217 bits per heavy atom. The summed E-state index contributed by atoms with van der Waals surface area (Å²) < 4.78 is 10.8.